The summed E-state index contributed by atoms with van der Waals surface area (Å²) in [5.41, 5.74) is 6.28. The Morgan fingerprint density at radius 3 is 2.55 bits per heavy atom. The van der Waals surface area contributed by atoms with Gasteiger partial charge in [-0.3, -0.25) is 14.7 Å². The lowest BCUT2D eigenvalue weighted by molar-refractivity contribution is -0.119. The topological polar surface area (TPSA) is 96.5 Å². The molecule has 108 valence electrons. The van der Waals surface area contributed by atoms with Crippen molar-refractivity contribution in [1.82, 2.24) is 9.88 Å². The van der Waals surface area contributed by atoms with Crippen LogP contribution in [0.15, 0.2) is 18.3 Å². The zero-order valence-corrected chi connectivity index (χ0v) is 11.3. The van der Waals surface area contributed by atoms with E-state index >= 15 is 0 Å². The van der Waals surface area contributed by atoms with Gasteiger partial charge in [-0.1, -0.05) is 0 Å². The fourth-order valence-electron chi connectivity index (χ4n) is 2.51. The quantitative estimate of drug-likeness (QED) is 0.832. The molecule has 0 aromatic carbocycles. The highest BCUT2D eigenvalue weighted by Gasteiger charge is 2.20. The lowest BCUT2D eigenvalue weighted by atomic mass is 9.93. The first kappa shape index (κ1) is 14.5. The number of carbonyl (C=O) groups is 2. The van der Waals surface area contributed by atoms with E-state index in [2.05, 4.69) is 9.88 Å². The molecule has 0 unspecified atom stereocenters. The highest BCUT2D eigenvalue weighted by Crippen LogP contribution is 2.21. The second-order valence-corrected chi connectivity index (χ2v) is 5.23. The number of rotatable bonds is 5. The summed E-state index contributed by atoms with van der Waals surface area (Å²) in [5, 5.41) is 8.81. The number of pyridine rings is 1. The van der Waals surface area contributed by atoms with Gasteiger partial charge in [0.25, 0.3) is 0 Å². The zero-order chi connectivity index (χ0) is 14.5. The lowest BCUT2D eigenvalue weighted by Crippen LogP contribution is -2.34. The number of primary amides is 1. The molecule has 6 heteroatoms. The number of carbonyl (C=O) groups excluding carboxylic acids is 1. The number of piperidine rings is 1. The third-order valence-corrected chi connectivity index (χ3v) is 3.65. The summed E-state index contributed by atoms with van der Waals surface area (Å²) in [6, 6.07) is 3.32. The fourth-order valence-corrected chi connectivity index (χ4v) is 2.51. The minimum atomic E-state index is -0.962. The van der Waals surface area contributed by atoms with Gasteiger partial charge in [0.2, 0.25) is 5.91 Å². The summed E-state index contributed by atoms with van der Waals surface area (Å²) in [5.74, 6) is -0.795. The Labute approximate surface area is 117 Å². The van der Waals surface area contributed by atoms with Gasteiger partial charge >= 0.3 is 5.97 Å². The molecule has 0 spiro atoms. The molecule has 1 aromatic heterocycles. The Hall–Kier alpha value is -1.95. The molecule has 3 N–H and O–H groups in total. The zero-order valence-electron chi connectivity index (χ0n) is 11.3. The predicted octanol–water partition coefficient (Wildman–Crippen LogP) is 0.867. The van der Waals surface area contributed by atoms with Crippen LogP contribution >= 0.6 is 0 Å². The smallest absolute Gasteiger partial charge is 0.337 e. The Balaban J connectivity index is 1.83. The van der Waals surface area contributed by atoms with Gasteiger partial charge in [0.15, 0.2) is 0 Å². The highest BCUT2D eigenvalue weighted by molar-refractivity contribution is 5.87. The molecule has 6 nitrogen and oxygen atoms in total. The molecule has 20 heavy (non-hydrogen) atoms. The van der Waals surface area contributed by atoms with Gasteiger partial charge < -0.3 is 10.8 Å². The van der Waals surface area contributed by atoms with Crippen LogP contribution < -0.4 is 5.73 Å². The van der Waals surface area contributed by atoms with Crippen LogP contribution in [0.1, 0.15) is 35.3 Å². The molecule has 0 bridgehead atoms. The summed E-state index contributed by atoms with van der Waals surface area (Å²) in [6.07, 6.45) is 3.79. The van der Waals surface area contributed by atoms with Gasteiger partial charge in [0.05, 0.1) is 11.3 Å². The number of carboxylic acid groups (broad SMARTS) is 1. The van der Waals surface area contributed by atoms with Crippen molar-refractivity contribution in [2.24, 2.45) is 11.7 Å². The van der Waals surface area contributed by atoms with Crippen molar-refractivity contribution in [1.29, 1.82) is 0 Å². The fraction of sp³-hybridized carbons (Fsp3) is 0.500. The first-order chi connectivity index (χ1) is 9.54. The highest BCUT2D eigenvalue weighted by atomic mass is 16.4. The van der Waals surface area contributed by atoms with Gasteiger partial charge in [0, 0.05) is 19.2 Å². The van der Waals surface area contributed by atoms with Crippen molar-refractivity contribution in [2.45, 2.75) is 25.8 Å². The molecular formula is C14H19N3O3. The molecule has 2 heterocycles. The van der Waals surface area contributed by atoms with Crippen molar-refractivity contribution in [2.75, 3.05) is 13.1 Å². The minimum absolute atomic E-state index is 0.203. The van der Waals surface area contributed by atoms with Crippen LogP contribution in [0, 0.1) is 5.92 Å². The van der Waals surface area contributed by atoms with E-state index in [4.69, 9.17) is 10.8 Å². The van der Waals surface area contributed by atoms with E-state index in [-0.39, 0.29) is 11.5 Å². The molecule has 2 rings (SSSR count). The van der Waals surface area contributed by atoms with Crippen LogP contribution in [-0.4, -0.2) is 40.0 Å². The van der Waals surface area contributed by atoms with E-state index in [9.17, 15) is 9.59 Å². The Morgan fingerprint density at radius 2 is 2.05 bits per heavy atom. The monoisotopic (exact) mass is 277 g/mol. The van der Waals surface area contributed by atoms with E-state index < -0.39 is 5.97 Å². The first-order valence-electron chi connectivity index (χ1n) is 6.73. The van der Waals surface area contributed by atoms with Crippen molar-refractivity contribution >= 4 is 11.9 Å². The molecule has 1 aliphatic rings. The molecule has 0 atom stereocenters. The molecule has 1 amide bonds. The molecular weight excluding hydrogens is 258 g/mol. The maximum absolute atomic E-state index is 10.9. The normalized spacial score (nSPS) is 17.0. The van der Waals surface area contributed by atoms with E-state index in [0.29, 0.717) is 18.9 Å². The van der Waals surface area contributed by atoms with Crippen LogP contribution in [0.5, 0.6) is 0 Å². The second kappa shape index (κ2) is 6.47. The second-order valence-electron chi connectivity index (χ2n) is 5.23. The van der Waals surface area contributed by atoms with E-state index in [1.54, 1.807) is 12.1 Å². The lowest BCUT2D eigenvalue weighted by Gasteiger charge is -2.31. The number of aromatic nitrogens is 1. The Kier molecular flexibility index (Phi) is 4.68. The number of amides is 1. The number of nitrogens with zero attached hydrogens (tertiary/aromatic N) is 2. The summed E-state index contributed by atoms with van der Waals surface area (Å²) < 4.78 is 0. The van der Waals surface area contributed by atoms with Gasteiger partial charge in [0.1, 0.15) is 0 Å². The van der Waals surface area contributed by atoms with Gasteiger partial charge in [-0.2, -0.15) is 0 Å². The van der Waals surface area contributed by atoms with Crippen LogP contribution in [-0.2, 0) is 11.3 Å². The summed E-state index contributed by atoms with van der Waals surface area (Å²) in [7, 11) is 0. The largest absolute Gasteiger partial charge is 0.478 e. The van der Waals surface area contributed by atoms with Crippen LogP contribution in [0.4, 0.5) is 0 Å². The third kappa shape index (κ3) is 4.03. The maximum Gasteiger partial charge on any atom is 0.337 e. The number of hydrogen-bond donors (Lipinski definition) is 2. The summed E-state index contributed by atoms with van der Waals surface area (Å²) >= 11 is 0. The molecule has 1 fully saturated rings. The van der Waals surface area contributed by atoms with Crippen molar-refractivity contribution < 1.29 is 14.7 Å². The Morgan fingerprint density at radius 1 is 1.35 bits per heavy atom. The van der Waals surface area contributed by atoms with Crippen LogP contribution in [0.2, 0.25) is 0 Å². The molecule has 1 aliphatic heterocycles. The van der Waals surface area contributed by atoms with E-state index in [1.807, 2.05) is 0 Å². The molecule has 1 aromatic rings. The third-order valence-electron chi connectivity index (χ3n) is 3.65. The summed E-state index contributed by atoms with van der Waals surface area (Å²) in [4.78, 5) is 28.0. The van der Waals surface area contributed by atoms with Crippen molar-refractivity contribution in [3.63, 3.8) is 0 Å². The average molecular weight is 277 g/mol. The van der Waals surface area contributed by atoms with Gasteiger partial charge in [-0.05, 0) is 44.0 Å². The number of hydrogen-bond acceptors (Lipinski definition) is 4. The van der Waals surface area contributed by atoms with Gasteiger partial charge in [-0.25, -0.2) is 4.79 Å². The standard InChI is InChI=1S/C14H19N3O3/c15-13(18)7-10-3-5-17(6-4-10)9-12-2-1-11(8-16-12)14(19)20/h1-2,8,10H,3-7,9H2,(H2,15,18)(H,19,20). The number of likely N-dealkylation sites (tertiary alicyclic amines) is 1. The number of aromatic carboxylic acids is 1. The van der Waals surface area contributed by atoms with E-state index in [1.165, 1.54) is 6.20 Å². The minimum Gasteiger partial charge on any atom is -0.478 e. The Bertz CT molecular complexity index is 479. The van der Waals surface area contributed by atoms with Gasteiger partial charge in [-0.15, -0.1) is 0 Å². The molecule has 1 saturated heterocycles. The molecule has 0 saturated carbocycles. The van der Waals surface area contributed by atoms with Crippen LogP contribution in [0.25, 0.3) is 0 Å². The molecule has 0 radical (unpaired) electrons. The number of nitrogens with two attached hydrogens (primary N) is 1. The van der Waals surface area contributed by atoms with Crippen molar-refractivity contribution in [3.8, 4) is 0 Å². The van der Waals surface area contributed by atoms with Crippen molar-refractivity contribution in [3.05, 3.63) is 29.6 Å². The summed E-state index contributed by atoms with van der Waals surface area (Å²) in [6.45, 7) is 2.55. The van der Waals surface area contributed by atoms with E-state index in [0.717, 1.165) is 31.6 Å². The SMILES string of the molecule is NC(=O)CC1CCN(Cc2ccc(C(=O)O)cn2)CC1. The van der Waals surface area contributed by atoms with Crippen LogP contribution in [0.3, 0.4) is 0 Å². The first-order valence-corrected chi connectivity index (χ1v) is 6.73. The number of carboxylic acids is 1. The maximum atomic E-state index is 10.9. The predicted molar refractivity (Wildman–Crippen MR) is 73.0 cm³/mol. The average Bonchev–Trinajstić information content (AvgIpc) is 2.41. The molecule has 0 aliphatic carbocycles.